The molecular formula is C18H29NO2. The van der Waals surface area contributed by atoms with Gasteiger partial charge in [0.1, 0.15) is 5.75 Å². The Labute approximate surface area is 128 Å². The SMILES string of the molecule is CC(C)Oc1ccc(C(C)NCC2CCCC2CO)cc1. The molecule has 1 aromatic rings. The van der Waals surface area contributed by atoms with Gasteiger partial charge < -0.3 is 15.2 Å². The lowest BCUT2D eigenvalue weighted by Crippen LogP contribution is -2.28. The summed E-state index contributed by atoms with van der Waals surface area (Å²) in [5.41, 5.74) is 1.28. The molecule has 0 radical (unpaired) electrons. The summed E-state index contributed by atoms with van der Waals surface area (Å²) in [7, 11) is 0. The van der Waals surface area contributed by atoms with Crippen LogP contribution < -0.4 is 10.1 Å². The van der Waals surface area contributed by atoms with Crippen molar-refractivity contribution in [2.24, 2.45) is 11.8 Å². The van der Waals surface area contributed by atoms with Crippen LogP contribution in [0, 0.1) is 11.8 Å². The van der Waals surface area contributed by atoms with Gasteiger partial charge in [-0.3, -0.25) is 0 Å². The summed E-state index contributed by atoms with van der Waals surface area (Å²) in [4.78, 5) is 0. The summed E-state index contributed by atoms with van der Waals surface area (Å²) >= 11 is 0. The van der Waals surface area contributed by atoms with Gasteiger partial charge in [0.2, 0.25) is 0 Å². The van der Waals surface area contributed by atoms with Gasteiger partial charge in [-0.05, 0) is 69.7 Å². The molecule has 2 N–H and O–H groups in total. The molecule has 3 unspecified atom stereocenters. The summed E-state index contributed by atoms with van der Waals surface area (Å²) in [6.07, 6.45) is 3.89. The van der Waals surface area contributed by atoms with Crippen LogP contribution in [0.4, 0.5) is 0 Å². The number of aliphatic hydroxyl groups excluding tert-OH is 1. The van der Waals surface area contributed by atoms with Crippen LogP contribution in [-0.4, -0.2) is 24.4 Å². The third kappa shape index (κ3) is 4.72. The van der Waals surface area contributed by atoms with Gasteiger partial charge >= 0.3 is 0 Å². The van der Waals surface area contributed by atoms with E-state index in [9.17, 15) is 5.11 Å². The fourth-order valence-corrected chi connectivity index (χ4v) is 3.18. The molecule has 0 amide bonds. The van der Waals surface area contributed by atoms with Crippen molar-refractivity contribution < 1.29 is 9.84 Å². The van der Waals surface area contributed by atoms with Gasteiger partial charge in [0.15, 0.2) is 0 Å². The maximum Gasteiger partial charge on any atom is 0.119 e. The van der Waals surface area contributed by atoms with Gasteiger partial charge in [0.05, 0.1) is 6.10 Å². The quantitative estimate of drug-likeness (QED) is 0.807. The number of aliphatic hydroxyl groups is 1. The first kappa shape index (κ1) is 16.3. The summed E-state index contributed by atoms with van der Waals surface area (Å²) in [6, 6.07) is 8.68. The average Bonchev–Trinajstić information content (AvgIpc) is 2.92. The Bertz CT molecular complexity index is 416. The van der Waals surface area contributed by atoms with E-state index < -0.39 is 0 Å². The summed E-state index contributed by atoms with van der Waals surface area (Å²) in [6.45, 7) is 7.61. The van der Waals surface area contributed by atoms with Gasteiger partial charge in [-0.2, -0.15) is 0 Å². The van der Waals surface area contributed by atoms with Gasteiger partial charge in [-0.1, -0.05) is 18.6 Å². The van der Waals surface area contributed by atoms with Crippen LogP contribution in [0.25, 0.3) is 0 Å². The number of hydrogen-bond donors (Lipinski definition) is 2. The molecule has 0 bridgehead atoms. The third-order valence-corrected chi connectivity index (χ3v) is 4.49. The van der Waals surface area contributed by atoms with E-state index in [1.165, 1.54) is 24.8 Å². The lowest BCUT2D eigenvalue weighted by Gasteiger charge is -2.21. The summed E-state index contributed by atoms with van der Waals surface area (Å²) in [5.74, 6) is 2.05. The molecule has 0 heterocycles. The van der Waals surface area contributed by atoms with Crippen LogP contribution in [0.15, 0.2) is 24.3 Å². The van der Waals surface area contributed by atoms with Crippen molar-refractivity contribution in [2.45, 2.75) is 52.2 Å². The first-order chi connectivity index (χ1) is 10.1. The minimum Gasteiger partial charge on any atom is -0.491 e. The Balaban J connectivity index is 1.84. The molecule has 1 aromatic carbocycles. The fraction of sp³-hybridized carbons (Fsp3) is 0.667. The Hall–Kier alpha value is -1.06. The molecule has 1 aliphatic carbocycles. The highest BCUT2D eigenvalue weighted by atomic mass is 16.5. The highest BCUT2D eigenvalue weighted by Gasteiger charge is 2.26. The summed E-state index contributed by atoms with van der Waals surface area (Å²) in [5, 5.41) is 13.0. The van der Waals surface area contributed by atoms with Crippen molar-refractivity contribution >= 4 is 0 Å². The second kappa shape index (κ2) is 7.81. The van der Waals surface area contributed by atoms with Crippen LogP contribution in [-0.2, 0) is 0 Å². The van der Waals surface area contributed by atoms with E-state index in [4.69, 9.17) is 4.74 Å². The predicted molar refractivity (Wildman–Crippen MR) is 86.5 cm³/mol. The van der Waals surface area contributed by atoms with Gasteiger partial charge in [0.25, 0.3) is 0 Å². The van der Waals surface area contributed by atoms with Gasteiger partial charge in [-0.15, -0.1) is 0 Å². The molecule has 1 fully saturated rings. The topological polar surface area (TPSA) is 41.5 Å². The monoisotopic (exact) mass is 291 g/mol. The Kier molecular flexibility index (Phi) is 6.07. The predicted octanol–water partition coefficient (Wildman–Crippen LogP) is 3.53. The first-order valence-electron chi connectivity index (χ1n) is 8.21. The molecule has 118 valence electrons. The average molecular weight is 291 g/mol. The molecule has 2 rings (SSSR count). The number of benzene rings is 1. The third-order valence-electron chi connectivity index (χ3n) is 4.49. The maximum absolute atomic E-state index is 9.38. The number of ether oxygens (including phenoxy) is 1. The number of hydrogen-bond acceptors (Lipinski definition) is 3. The van der Waals surface area contributed by atoms with Crippen molar-refractivity contribution in [1.29, 1.82) is 0 Å². The maximum atomic E-state index is 9.38. The van der Waals surface area contributed by atoms with Gasteiger partial charge in [-0.25, -0.2) is 0 Å². The Morgan fingerprint density at radius 3 is 2.43 bits per heavy atom. The standard InChI is InChI=1S/C18H29NO2/c1-13(2)21-18-9-7-15(8-10-18)14(3)19-11-16-5-4-6-17(16)12-20/h7-10,13-14,16-17,19-20H,4-6,11-12H2,1-3H3. The fourth-order valence-electron chi connectivity index (χ4n) is 3.18. The second-order valence-electron chi connectivity index (χ2n) is 6.50. The van der Waals surface area contributed by atoms with Crippen LogP contribution in [0.5, 0.6) is 5.75 Å². The molecule has 0 spiro atoms. The molecular weight excluding hydrogens is 262 g/mol. The van der Waals surface area contributed by atoms with E-state index in [1.807, 2.05) is 26.0 Å². The number of nitrogens with one attached hydrogen (secondary N) is 1. The van der Waals surface area contributed by atoms with Crippen LogP contribution >= 0.6 is 0 Å². The highest BCUT2D eigenvalue weighted by molar-refractivity contribution is 5.29. The van der Waals surface area contributed by atoms with E-state index in [-0.39, 0.29) is 6.10 Å². The number of rotatable bonds is 7. The lowest BCUT2D eigenvalue weighted by molar-refractivity contribution is 0.190. The molecule has 21 heavy (non-hydrogen) atoms. The molecule has 0 aliphatic heterocycles. The van der Waals surface area contributed by atoms with Crippen molar-refractivity contribution in [3.05, 3.63) is 29.8 Å². The molecule has 1 saturated carbocycles. The van der Waals surface area contributed by atoms with Crippen LogP contribution in [0.3, 0.4) is 0 Å². The molecule has 0 aromatic heterocycles. The van der Waals surface area contributed by atoms with E-state index in [2.05, 4.69) is 24.4 Å². The van der Waals surface area contributed by atoms with Crippen molar-refractivity contribution in [1.82, 2.24) is 5.32 Å². The van der Waals surface area contributed by atoms with E-state index in [1.54, 1.807) is 0 Å². The second-order valence-corrected chi connectivity index (χ2v) is 6.50. The molecule has 1 aliphatic rings. The zero-order valence-electron chi connectivity index (χ0n) is 13.5. The van der Waals surface area contributed by atoms with E-state index in [0.29, 0.717) is 24.5 Å². The lowest BCUT2D eigenvalue weighted by atomic mass is 9.96. The van der Waals surface area contributed by atoms with E-state index in [0.717, 1.165) is 12.3 Å². The zero-order chi connectivity index (χ0) is 15.2. The smallest absolute Gasteiger partial charge is 0.119 e. The van der Waals surface area contributed by atoms with Crippen LogP contribution in [0.2, 0.25) is 0 Å². The van der Waals surface area contributed by atoms with Crippen molar-refractivity contribution in [3.8, 4) is 5.75 Å². The molecule has 3 nitrogen and oxygen atoms in total. The zero-order valence-corrected chi connectivity index (χ0v) is 13.5. The normalized spacial score (nSPS) is 23.5. The molecule has 3 atom stereocenters. The molecule has 0 saturated heterocycles. The largest absolute Gasteiger partial charge is 0.491 e. The first-order valence-corrected chi connectivity index (χ1v) is 8.21. The minimum absolute atomic E-state index is 0.212. The van der Waals surface area contributed by atoms with Crippen molar-refractivity contribution in [2.75, 3.05) is 13.2 Å². The van der Waals surface area contributed by atoms with Crippen molar-refractivity contribution in [3.63, 3.8) is 0 Å². The van der Waals surface area contributed by atoms with Crippen LogP contribution in [0.1, 0.15) is 51.6 Å². The van der Waals surface area contributed by atoms with E-state index >= 15 is 0 Å². The molecule has 3 heteroatoms. The van der Waals surface area contributed by atoms with Gasteiger partial charge in [0, 0.05) is 12.6 Å². The highest BCUT2D eigenvalue weighted by Crippen LogP contribution is 2.31. The summed E-state index contributed by atoms with van der Waals surface area (Å²) < 4.78 is 5.67. The Morgan fingerprint density at radius 2 is 1.81 bits per heavy atom. The minimum atomic E-state index is 0.212. The Morgan fingerprint density at radius 1 is 1.14 bits per heavy atom.